The zero-order valence-electron chi connectivity index (χ0n) is 11.5. The Morgan fingerprint density at radius 2 is 2.20 bits per heavy atom. The van der Waals surface area contributed by atoms with Gasteiger partial charge in [0.1, 0.15) is 12.1 Å². The predicted octanol–water partition coefficient (Wildman–Crippen LogP) is 0.00940. The minimum atomic E-state index is -0.218. The molecule has 0 aromatic carbocycles. The smallest absolute Gasteiger partial charge is 0.271 e. The summed E-state index contributed by atoms with van der Waals surface area (Å²) < 4.78 is 1.66. The van der Waals surface area contributed by atoms with E-state index in [0.29, 0.717) is 31.0 Å². The Kier molecular flexibility index (Phi) is 4.59. The van der Waals surface area contributed by atoms with E-state index in [1.165, 1.54) is 0 Å². The van der Waals surface area contributed by atoms with E-state index in [-0.39, 0.29) is 5.91 Å². The van der Waals surface area contributed by atoms with Crippen molar-refractivity contribution in [3.8, 4) is 0 Å². The van der Waals surface area contributed by atoms with Crippen LogP contribution >= 0.6 is 0 Å². The maximum absolute atomic E-state index is 11.5. The first-order chi connectivity index (χ1) is 9.69. The van der Waals surface area contributed by atoms with Gasteiger partial charge in [0.2, 0.25) is 0 Å². The second kappa shape index (κ2) is 6.60. The number of hydrogen-bond donors (Lipinski definition) is 2. The first-order valence-corrected chi connectivity index (χ1v) is 6.39. The van der Waals surface area contributed by atoms with Crippen LogP contribution in [0.2, 0.25) is 0 Å². The number of carbonyl (C=O) groups is 1. The maximum Gasteiger partial charge on any atom is 0.271 e. The third-order valence-corrected chi connectivity index (χ3v) is 2.54. The van der Waals surface area contributed by atoms with Crippen molar-refractivity contribution in [2.75, 3.05) is 18.4 Å². The van der Waals surface area contributed by atoms with Crippen LogP contribution in [-0.2, 0) is 13.5 Å². The van der Waals surface area contributed by atoms with E-state index in [1.54, 1.807) is 23.1 Å². The molecule has 0 spiro atoms. The Hall–Kier alpha value is -2.51. The van der Waals surface area contributed by atoms with Crippen LogP contribution < -0.4 is 10.6 Å². The molecule has 0 saturated heterocycles. The van der Waals surface area contributed by atoms with Gasteiger partial charge in [0, 0.05) is 26.6 Å². The lowest BCUT2D eigenvalue weighted by molar-refractivity contribution is 0.0950. The first-order valence-electron chi connectivity index (χ1n) is 6.39. The molecule has 0 aliphatic heterocycles. The molecule has 2 aromatic rings. The summed E-state index contributed by atoms with van der Waals surface area (Å²) in [7, 11) is 1.83. The van der Waals surface area contributed by atoms with E-state index in [2.05, 4.69) is 30.9 Å². The Morgan fingerprint density at radius 1 is 1.35 bits per heavy atom. The van der Waals surface area contributed by atoms with Crippen LogP contribution in [0.4, 0.5) is 5.82 Å². The van der Waals surface area contributed by atoms with Gasteiger partial charge in [-0.3, -0.25) is 9.48 Å². The topological polar surface area (TPSA) is 97.6 Å². The highest BCUT2D eigenvalue weighted by molar-refractivity contribution is 5.92. The summed E-state index contributed by atoms with van der Waals surface area (Å²) in [4.78, 5) is 15.6. The Labute approximate surface area is 116 Å². The van der Waals surface area contributed by atoms with Gasteiger partial charge in [-0.15, -0.1) is 10.2 Å². The van der Waals surface area contributed by atoms with Crippen molar-refractivity contribution in [2.45, 2.75) is 13.3 Å². The fourth-order valence-corrected chi connectivity index (χ4v) is 1.60. The molecule has 0 aliphatic rings. The molecular weight excluding hydrogens is 258 g/mol. The van der Waals surface area contributed by atoms with E-state index >= 15 is 0 Å². The van der Waals surface area contributed by atoms with E-state index < -0.39 is 0 Å². The normalized spacial score (nSPS) is 10.3. The van der Waals surface area contributed by atoms with Crippen molar-refractivity contribution in [3.05, 3.63) is 30.0 Å². The van der Waals surface area contributed by atoms with Crippen LogP contribution in [0.5, 0.6) is 0 Å². The highest BCUT2D eigenvalue weighted by Gasteiger charge is 2.06. The van der Waals surface area contributed by atoms with Crippen LogP contribution in [0.15, 0.2) is 18.5 Å². The second-order valence-electron chi connectivity index (χ2n) is 4.17. The molecule has 8 heteroatoms. The minimum absolute atomic E-state index is 0.218. The van der Waals surface area contributed by atoms with Gasteiger partial charge in [-0.05, 0) is 19.1 Å². The Morgan fingerprint density at radius 3 is 2.80 bits per heavy atom. The number of nitrogens with one attached hydrogen (secondary N) is 2. The molecule has 2 heterocycles. The van der Waals surface area contributed by atoms with Gasteiger partial charge < -0.3 is 10.6 Å². The van der Waals surface area contributed by atoms with E-state index in [4.69, 9.17) is 0 Å². The van der Waals surface area contributed by atoms with Crippen LogP contribution in [0.3, 0.4) is 0 Å². The van der Waals surface area contributed by atoms with Crippen molar-refractivity contribution < 1.29 is 4.79 Å². The quantitative estimate of drug-likeness (QED) is 0.770. The van der Waals surface area contributed by atoms with Gasteiger partial charge in [0.25, 0.3) is 5.91 Å². The summed E-state index contributed by atoms with van der Waals surface area (Å²) >= 11 is 0. The van der Waals surface area contributed by atoms with Crippen molar-refractivity contribution >= 4 is 11.7 Å². The SMILES string of the molecule is CCNC(=O)c1ccc(NCCc2ncn(C)n2)nn1. The monoisotopic (exact) mass is 275 g/mol. The lowest BCUT2D eigenvalue weighted by Crippen LogP contribution is -2.24. The van der Waals surface area contributed by atoms with Crippen LogP contribution in [0.25, 0.3) is 0 Å². The molecule has 0 aliphatic carbocycles. The predicted molar refractivity (Wildman–Crippen MR) is 73.2 cm³/mol. The van der Waals surface area contributed by atoms with Gasteiger partial charge in [-0.2, -0.15) is 5.10 Å². The summed E-state index contributed by atoms with van der Waals surface area (Å²) in [6.45, 7) is 3.07. The average Bonchev–Trinajstić information content (AvgIpc) is 2.85. The molecule has 2 N–H and O–H groups in total. The fourth-order valence-electron chi connectivity index (χ4n) is 1.60. The molecule has 0 saturated carbocycles. The molecular formula is C12H17N7O. The average molecular weight is 275 g/mol. The van der Waals surface area contributed by atoms with Crippen LogP contribution in [0, 0.1) is 0 Å². The van der Waals surface area contributed by atoms with E-state index in [0.717, 1.165) is 5.82 Å². The largest absolute Gasteiger partial charge is 0.368 e. The van der Waals surface area contributed by atoms with Gasteiger partial charge in [-0.25, -0.2) is 4.98 Å². The number of aromatic nitrogens is 5. The highest BCUT2D eigenvalue weighted by atomic mass is 16.1. The second-order valence-corrected chi connectivity index (χ2v) is 4.17. The highest BCUT2D eigenvalue weighted by Crippen LogP contribution is 2.02. The number of hydrogen-bond acceptors (Lipinski definition) is 6. The fraction of sp³-hybridized carbons (Fsp3) is 0.417. The first kappa shape index (κ1) is 13.9. The molecule has 2 rings (SSSR count). The summed E-state index contributed by atoms with van der Waals surface area (Å²) in [5.74, 6) is 1.17. The van der Waals surface area contributed by atoms with Crippen molar-refractivity contribution in [2.24, 2.45) is 7.05 Å². The van der Waals surface area contributed by atoms with E-state index in [9.17, 15) is 4.79 Å². The number of carbonyl (C=O) groups excluding carboxylic acids is 1. The molecule has 106 valence electrons. The lowest BCUT2D eigenvalue weighted by Gasteiger charge is -2.04. The summed E-state index contributed by atoms with van der Waals surface area (Å²) in [5, 5.41) is 17.8. The molecule has 0 fully saturated rings. The third-order valence-electron chi connectivity index (χ3n) is 2.54. The van der Waals surface area contributed by atoms with Crippen molar-refractivity contribution in [1.82, 2.24) is 30.3 Å². The molecule has 1 amide bonds. The Balaban J connectivity index is 1.83. The lowest BCUT2D eigenvalue weighted by atomic mass is 10.3. The van der Waals surface area contributed by atoms with Gasteiger partial charge in [0.15, 0.2) is 11.5 Å². The van der Waals surface area contributed by atoms with Crippen molar-refractivity contribution in [3.63, 3.8) is 0 Å². The summed E-state index contributed by atoms with van der Waals surface area (Å²) in [6, 6.07) is 3.36. The van der Waals surface area contributed by atoms with Gasteiger partial charge in [0.05, 0.1) is 0 Å². The molecule has 0 unspecified atom stereocenters. The minimum Gasteiger partial charge on any atom is -0.368 e. The zero-order valence-corrected chi connectivity index (χ0v) is 11.5. The standard InChI is InChI=1S/C12H17N7O/c1-3-13-12(20)9-4-5-10(17-16-9)14-7-6-11-15-8-19(2)18-11/h4-5,8H,3,6-7H2,1-2H3,(H,13,20)(H,14,17). The van der Waals surface area contributed by atoms with Crippen molar-refractivity contribution in [1.29, 1.82) is 0 Å². The van der Waals surface area contributed by atoms with Gasteiger partial charge in [-0.1, -0.05) is 0 Å². The molecule has 0 radical (unpaired) electrons. The molecule has 2 aromatic heterocycles. The summed E-state index contributed by atoms with van der Waals surface area (Å²) in [6.07, 6.45) is 2.36. The molecule has 20 heavy (non-hydrogen) atoms. The molecule has 0 bridgehead atoms. The van der Waals surface area contributed by atoms with E-state index in [1.807, 2.05) is 14.0 Å². The van der Waals surface area contributed by atoms with Gasteiger partial charge >= 0.3 is 0 Å². The third kappa shape index (κ3) is 3.74. The maximum atomic E-state index is 11.5. The number of amides is 1. The number of anilines is 1. The van der Waals surface area contributed by atoms with Crippen LogP contribution in [-0.4, -0.2) is 44.0 Å². The number of aryl methyl sites for hydroxylation is 1. The van der Waals surface area contributed by atoms with Crippen LogP contribution in [0.1, 0.15) is 23.2 Å². The Bertz CT molecular complexity index is 563. The number of rotatable bonds is 6. The summed E-state index contributed by atoms with van der Waals surface area (Å²) in [5.41, 5.74) is 0.309. The zero-order chi connectivity index (χ0) is 14.4. The molecule has 0 atom stereocenters. The number of nitrogens with zero attached hydrogens (tertiary/aromatic N) is 5. The molecule has 8 nitrogen and oxygen atoms in total.